The van der Waals surface area contributed by atoms with Crippen LogP contribution in [0.1, 0.15) is 42.6 Å². The van der Waals surface area contributed by atoms with E-state index in [2.05, 4.69) is 10.3 Å². The van der Waals surface area contributed by atoms with Gasteiger partial charge in [0.05, 0.1) is 6.61 Å². The number of carbonyl (C=O) groups is 1. The summed E-state index contributed by atoms with van der Waals surface area (Å²) in [4.78, 5) is 29.0. The van der Waals surface area contributed by atoms with Crippen LogP contribution >= 0.6 is 0 Å². The number of aromatic nitrogens is 2. The Morgan fingerprint density at radius 2 is 2.09 bits per heavy atom. The number of pyridine rings is 1. The lowest BCUT2D eigenvalue weighted by atomic mass is 9.83. The van der Waals surface area contributed by atoms with Crippen LogP contribution in [0.5, 0.6) is 0 Å². The van der Waals surface area contributed by atoms with Crippen molar-refractivity contribution >= 4 is 11.6 Å². The first-order valence-corrected chi connectivity index (χ1v) is 7.84. The van der Waals surface area contributed by atoms with E-state index in [-0.39, 0.29) is 17.6 Å². The fraction of sp³-hybridized carbons (Fsp3) is 0.471. The molecule has 2 N–H and O–H groups in total. The molecule has 0 aliphatic heterocycles. The molecule has 0 fully saturated rings. The Hall–Kier alpha value is -2.21. The normalized spacial score (nSPS) is 11.7. The molecule has 23 heavy (non-hydrogen) atoms. The van der Waals surface area contributed by atoms with Gasteiger partial charge in [-0.2, -0.15) is 0 Å². The molecule has 0 spiro atoms. The number of nitrogens with zero attached hydrogens (tertiary/aromatic N) is 2. The Morgan fingerprint density at radius 1 is 1.39 bits per heavy atom. The zero-order valence-electron chi connectivity index (χ0n) is 13.8. The topological polar surface area (TPSA) is 83.7 Å². The van der Waals surface area contributed by atoms with E-state index < -0.39 is 11.5 Å². The molecule has 0 aliphatic rings. The number of amides is 1. The summed E-state index contributed by atoms with van der Waals surface area (Å²) in [7, 11) is 0. The van der Waals surface area contributed by atoms with Crippen molar-refractivity contribution in [3.63, 3.8) is 0 Å². The number of carbonyl (C=O) groups excluding carboxylic acids is 1. The maximum Gasteiger partial charge on any atom is 0.270 e. The van der Waals surface area contributed by atoms with E-state index in [0.717, 1.165) is 18.4 Å². The van der Waals surface area contributed by atoms with Crippen LogP contribution in [0.3, 0.4) is 0 Å². The number of hydrogen-bond acceptors (Lipinski definition) is 4. The molecule has 2 aromatic rings. The Morgan fingerprint density at radius 3 is 2.70 bits per heavy atom. The Bertz CT molecular complexity index is 755. The molecular formula is C17H23N3O3. The van der Waals surface area contributed by atoms with Gasteiger partial charge < -0.3 is 10.4 Å². The molecule has 0 aromatic carbocycles. The standard InChI is InChI=1S/C17H23N3O3/c1-4-17(5-2,11-21)10-19-15(22)13-9-18-14-12(3)7-6-8-20(14)16(13)23/h6-9,21H,4-5,10-11H2,1-3H3,(H,19,22). The molecule has 0 bridgehead atoms. The lowest BCUT2D eigenvalue weighted by Crippen LogP contribution is -2.41. The minimum absolute atomic E-state index is 0.00553. The highest BCUT2D eigenvalue weighted by molar-refractivity contribution is 5.93. The molecular weight excluding hydrogens is 294 g/mol. The van der Waals surface area contributed by atoms with Crippen LogP contribution in [0.4, 0.5) is 0 Å². The minimum Gasteiger partial charge on any atom is -0.396 e. The first-order valence-electron chi connectivity index (χ1n) is 7.84. The van der Waals surface area contributed by atoms with Gasteiger partial charge in [0, 0.05) is 24.4 Å². The van der Waals surface area contributed by atoms with Crippen LogP contribution in [0.25, 0.3) is 5.65 Å². The van der Waals surface area contributed by atoms with E-state index >= 15 is 0 Å². The van der Waals surface area contributed by atoms with Gasteiger partial charge in [-0.1, -0.05) is 19.9 Å². The highest BCUT2D eigenvalue weighted by Gasteiger charge is 2.26. The number of fused-ring (bicyclic) bond motifs is 1. The number of aryl methyl sites for hydroxylation is 1. The Kier molecular flexibility index (Phi) is 5.15. The second-order valence-corrected chi connectivity index (χ2v) is 5.91. The van der Waals surface area contributed by atoms with Crippen LogP contribution < -0.4 is 10.9 Å². The molecule has 0 unspecified atom stereocenters. The summed E-state index contributed by atoms with van der Waals surface area (Å²) >= 11 is 0. The van der Waals surface area contributed by atoms with Crippen molar-refractivity contribution in [2.75, 3.05) is 13.2 Å². The predicted molar refractivity (Wildman–Crippen MR) is 88.6 cm³/mol. The van der Waals surface area contributed by atoms with Gasteiger partial charge in [0.2, 0.25) is 0 Å². The van der Waals surface area contributed by atoms with Gasteiger partial charge in [-0.25, -0.2) is 4.98 Å². The number of aliphatic hydroxyl groups excluding tert-OH is 1. The Labute approximate surface area is 135 Å². The van der Waals surface area contributed by atoms with Gasteiger partial charge in [0.1, 0.15) is 11.2 Å². The van der Waals surface area contributed by atoms with E-state index in [1.807, 2.05) is 26.8 Å². The van der Waals surface area contributed by atoms with E-state index in [4.69, 9.17) is 0 Å². The summed E-state index contributed by atoms with van der Waals surface area (Å²) in [5.74, 6) is -0.460. The quantitative estimate of drug-likeness (QED) is 0.846. The molecule has 124 valence electrons. The van der Waals surface area contributed by atoms with Crippen LogP contribution in [0.15, 0.2) is 29.3 Å². The van der Waals surface area contributed by atoms with Crippen molar-refractivity contribution in [2.45, 2.75) is 33.6 Å². The molecule has 6 nitrogen and oxygen atoms in total. The van der Waals surface area contributed by atoms with Crippen LogP contribution in [-0.4, -0.2) is 33.6 Å². The van der Waals surface area contributed by atoms with Crippen molar-refractivity contribution in [3.8, 4) is 0 Å². The van der Waals surface area contributed by atoms with E-state index in [0.29, 0.717) is 12.2 Å². The van der Waals surface area contributed by atoms with Crippen molar-refractivity contribution in [3.05, 3.63) is 46.0 Å². The summed E-state index contributed by atoms with van der Waals surface area (Å²) in [5, 5.41) is 12.3. The van der Waals surface area contributed by atoms with E-state index in [9.17, 15) is 14.7 Å². The average Bonchev–Trinajstić information content (AvgIpc) is 2.57. The van der Waals surface area contributed by atoms with Crippen LogP contribution in [0, 0.1) is 12.3 Å². The first-order chi connectivity index (χ1) is 11.0. The molecule has 0 atom stereocenters. The Balaban J connectivity index is 2.29. The monoisotopic (exact) mass is 317 g/mol. The molecule has 1 amide bonds. The second kappa shape index (κ2) is 6.91. The van der Waals surface area contributed by atoms with Crippen molar-refractivity contribution in [2.24, 2.45) is 5.41 Å². The fourth-order valence-electron chi connectivity index (χ4n) is 2.55. The molecule has 0 saturated carbocycles. The summed E-state index contributed by atoms with van der Waals surface area (Å²) in [6.07, 6.45) is 4.41. The van der Waals surface area contributed by atoms with Crippen LogP contribution in [0.2, 0.25) is 0 Å². The maximum atomic E-state index is 12.5. The van der Waals surface area contributed by atoms with Gasteiger partial charge in [-0.05, 0) is 31.4 Å². The number of hydrogen-bond donors (Lipinski definition) is 2. The van der Waals surface area contributed by atoms with Gasteiger partial charge in [-0.15, -0.1) is 0 Å². The average molecular weight is 317 g/mol. The predicted octanol–water partition coefficient (Wildman–Crippen LogP) is 1.53. The molecule has 0 radical (unpaired) electrons. The molecule has 2 heterocycles. The van der Waals surface area contributed by atoms with E-state index in [1.165, 1.54) is 10.6 Å². The highest BCUT2D eigenvalue weighted by Crippen LogP contribution is 2.24. The maximum absolute atomic E-state index is 12.5. The molecule has 2 rings (SSSR count). The zero-order chi connectivity index (χ0) is 17.0. The summed E-state index contributed by atoms with van der Waals surface area (Å²) in [6.45, 7) is 6.13. The molecule has 2 aromatic heterocycles. The summed E-state index contributed by atoms with van der Waals surface area (Å²) in [6, 6.07) is 3.61. The zero-order valence-corrected chi connectivity index (χ0v) is 13.8. The fourth-order valence-corrected chi connectivity index (χ4v) is 2.55. The molecule has 0 saturated heterocycles. The smallest absolute Gasteiger partial charge is 0.270 e. The number of rotatable bonds is 6. The third kappa shape index (κ3) is 3.27. The number of aliphatic hydroxyl groups is 1. The second-order valence-electron chi connectivity index (χ2n) is 5.91. The van der Waals surface area contributed by atoms with Gasteiger partial charge in [-0.3, -0.25) is 14.0 Å². The first kappa shape index (κ1) is 17.1. The number of nitrogens with one attached hydrogen (secondary N) is 1. The van der Waals surface area contributed by atoms with Crippen molar-refractivity contribution in [1.29, 1.82) is 0 Å². The van der Waals surface area contributed by atoms with Crippen LogP contribution in [-0.2, 0) is 0 Å². The molecule has 0 aliphatic carbocycles. The highest BCUT2D eigenvalue weighted by atomic mass is 16.3. The largest absolute Gasteiger partial charge is 0.396 e. The lowest BCUT2D eigenvalue weighted by Gasteiger charge is -2.29. The summed E-state index contributed by atoms with van der Waals surface area (Å²) < 4.78 is 1.38. The molecule has 6 heteroatoms. The lowest BCUT2D eigenvalue weighted by molar-refractivity contribution is 0.0849. The minimum atomic E-state index is -0.460. The summed E-state index contributed by atoms with van der Waals surface area (Å²) in [5.41, 5.74) is 0.673. The van der Waals surface area contributed by atoms with Gasteiger partial charge in [0.15, 0.2) is 0 Å². The van der Waals surface area contributed by atoms with Gasteiger partial charge >= 0.3 is 0 Å². The van der Waals surface area contributed by atoms with E-state index in [1.54, 1.807) is 12.3 Å². The van der Waals surface area contributed by atoms with Gasteiger partial charge in [0.25, 0.3) is 11.5 Å². The van der Waals surface area contributed by atoms with Crippen molar-refractivity contribution < 1.29 is 9.90 Å². The third-order valence-electron chi connectivity index (χ3n) is 4.63. The van der Waals surface area contributed by atoms with Crippen molar-refractivity contribution in [1.82, 2.24) is 14.7 Å². The SMILES string of the molecule is CCC(CC)(CO)CNC(=O)c1cnc2c(C)cccn2c1=O. The third-order valence-corrected chi connectivity index (χ3v) is 4.63.